The summed E-state index contributed by atoms with van der Waals surface area (Å²) >= 11 is 0. The van der Waals surface area contributed by atoms with E-state index in [1.807, 2.05) is 0 Å². The molecule has 0 radical (unpaired) electrons. The highest BCUT2D eigenvalue weighted by Gasteiger charge is 2.14. The lowest BCUT2D eigenvalue weighted by atomic mass is 9.84. The van der Waals surface area contributed by atoms with E-state index in [1.165, 1.54) is 45.1 Å². The van der Waals surface area contributed by atoms with Gasteiger partial charge in [-0.25, -0.2) is 0 Å². The molecule has 0 aliphatic carbocycles. The van der Waals surface area contributed by atoms with Crippen LogP contribution in [0.3, 0.4) is 0 Å². The van der Waals surface area contributed by atoms with Gasteiger partial charge in [-0.2, -0.15) is 0 Å². The Morgan fingerprint density at radius 3 is 2.00 bits per heavy atom. The van der Waals surface area contributed by atoms with E-state index in [0.29, 0.717) is 0 Å². The van der Waals surface area contributed by atoms with E-state index in [0.717, 1.165) is 17.8 Å². The van der Waals surface area contributed by atoms with Gasteiger partial charge < -0.3 is 4.90 Å². The highest BCUT2D eigenvalue weighted by Crippen LogP contribution is 2.26. The van der Waals surface area contributed by atoms with E-state index >= 15 is 0 Å². The van der Waals surface area contributed by atoms with Gasteiger partial charge >= 0.3 is 0 Å². The maximum absolute atomic E-state index is 2.42. The second-order valence-electron chi connectivity index (χ2n) is 6.42. The molecule has 0 fully saturated rings. The van der Waals surface area contributed by atoms with Crippen LogP contribution in [0.25, 0.3) is 0 Å². The largest absolute Gasteiger partial charge is 0.309 e. The molecule has 17 heavy (non-hydrogen) atoms. The van der Waals surface area contributed by atoms with E-state index in [1.54, 1.807) is 0 Å². The van der Waals surface area contributed by atoms with Crippen LogP contribution >= 0.6 is 0 Å². The number of rotatable bonds is 10. The molecular formula is C16H35N. The molecule has 2 unspecified atom stereocenters. The standard InChI is InChI=1S/C16H35N/c1-7-9-15(4)11-12-16(14(2)3)10-8-13-17(5)6/h14-16H,7-13H2,1-6H3. The normalized spacial score (nSPS) is 15.5. The van der Waals surface area contributed by atoms with Crippen LogP contribution in [0.5, 0.6) is 0 Å². The lowest BCUT2D eigenvalue weighted by Gasteiger charge is -2.23. The van der Waals surface area contributed by atoms with Gasteiger partial charge in [0.1, 0.15) is 0 Å². The molecule has 0 saturated carbocycles. The third kappa shape index (κ3) is 9.64. The summed E-state index contributed by atoms with van der Waals surface area (Å²) in [6.07, 6.45) is 8.38. The average molecular weight is 241 g/mol. The lowest BCUT2D eigenvalue weighted by Crippen LogP contribution is -2.16. The van der Waals surface area contributed by atoms with Crippen LogP contribution < -0.4 is 0 Å². The summed E-state index contributed by atoms with van der Waals surface area (Å²) in [5.74, 6) is 2.72. The SMILES string of the molecule is CCCC(C)CCC(CCCN(C)C)C(C)C. The van der Waals surface area contributed by atoms with Crippen molar-refractivity contribution in [3.63, 3.8) is 0 Å². The summed E-state index contributed by atoms with van der Waals surface area (Å²) in [6.45, 7) is 10.7. The van der Waals surface area contributed by atoms with Crippen molar-refractivity contribution >= 4 is 0 Å². The van der Waals surface area contributed by atoms with Gasteiger partial charge in [-0.3, -0.25) is 0 Å². The molecule has 0 saturated heterocycles. The first-order valence-electron chi connectivity index (χ1n) is 7.62. The molecule has 0 rings (SSSR count). The third-order valence-electron chi connectivity index (χ3n) is 3.93. The Balaban J connectivity index is 3.82. The Bertz CT molecular complexity index is 163. The maximum Gasteiger partial charge on any atom is -0.00247 e. The second kappa shape index (κ2) is 9.94. The number of hydrogen-bond acceptors (Lipinski definition) is 1. The minimum atomic E-state index is 0.853. The molecule has 104 valence electrons. The molecular weight excluding hydrogens is 206 g/mol. The summed E-state index contributed by atoms with van der Waals surface area (Å²) < 4.78 is 0. The van der Waals surface area contributed by atoms with Gasteiger partial charge in [0, 0.05) is 0 Å². The first kappa shape index (κ1) is 17.0. The van der Waals surface area contributed by atoms with Crippen LogP contribution in [0.15, 0.2) is 0 Å². The molecule has 0 amide bonds. The van der Waals surface area contributed by atoms with Crippen molar-refractivity contribution in [3.8, 4) is 0 Å². The van der Waals surface area contributed by atoms with Crippen LogP contribution in [0, 0.1) is 17.8 Å². The quantitative estimate of drug-likeness (QED) is 0.530. The molecule has 0 spiro atoms. The Morgan fingerprint density at radius 2 is 1.53 bits per heavy atom. The zero-order valence-corrected chi connectivity index (χ0v) is 13.1. The van der Waals surface area contributed by atoms with Gasteiger partial charge in [0.05, 0.1) is 0 Å². The molecule has 0 heterocycles. The minimum Gasteiger partial charge on any atom is -0.309 e. The zero-order valence-electron chi connectivity index (χ0n) is 13.1. The monoisotopic (exact) mass is 241 g/mol. The van der Waals surface area contributed by atoms with Crippen LogP contribution in [0.1, 0.15) is 66.2 Å². The fraction of sp³-hybridized carbons (Fsp3) is 1.00. The summed E-state index contributed by atoms with van der Waals surface area (Å²) in [5.41, 5.74) is 0. The molecule has 0 aromatic heterocycles. The van der Waals surface area contributed by atoms with Gasteiger partial charge in [-0.15, -0.1) is 0 Å². The Hall–Kier alpha value is -0.0400. The Labute approximate surface area is 110 Å². The fourth-order valence-electron chi connectivity index (χ4n) is 2.62. The average Bonchev–Trinajstić information content (AvgIpc) is 2.22. The summed E-state index contributed by atoms with van der Waals surface area (Å²) in [4.78, 5) is 2.30. The molecule has 0 bridgehead atoms. The molecule has 0 aromatic rings. The zero-order chi connectivity index (χ0) is 13.3. The molecule has 0 N–H and O–H groups in total. The lowest BCUT2D eigenvalue weighted by molar-refractivity contribution is 0.280. The van der Waals surface area contributed by atoms with E-state index in [9.17, 15) is 0 Å². The molecule has 1 heteroatoms. The molecule has 0 aliphatic rings. The summed E-state index contributed by atoms with van der Waals surface area (Å²) in [5, 5.41) is 0. The number of nitrogens with zero attached hydrogens (tertiary/aromatic N) is 1. The van der Waals surface area contributed by atoms with Gasteiger partial charge in [0.25, 0.3) is 0 Å². The van der Waals surface area contributed by atoms with Crippen molar-refractivity contribution in [2.24, 2.45) is 17.8 Å². The van der Waals surface area contributed by atoms with Crippen molar-refractivity contribution in [2.45, 2.75) is 66.2 Å². The van der Waals surface area contributed by atoms with Crippen LogP contribution in [0.2, 0.25) is 0 Å². The Kier molecular flexibility index (Phi) is 9.91. The summed E-state index contributed by atoms with van der Waals surface area (Å²) in [6, 6.07) is 0. The molecule has 2 atom stereocenters. The van der Waals surface area contributed by atoms with Crippen LogP contribution in [-0.4, -0.2) is 25.5 Å². The van der Waals surface area contributed by atoms with Crippen LogP contribution in [0.4, 0.5) is 0 Å². The smallest absolute Gasteiger partial charge is 0.00247 e. The van der Waals surface area contributed by atoms with E-state index in [-0.39, 0.29) is 0 Å². The minimum absolute atomic E-state index is 0.853. The first-order chi connectivity index (χ1) is 7.97. The van der Waals surface area contributed by atoms with Crippen molar-refractivity contribution in [2.75, 3.05) is 20.6 Å². The van der Waals surface area contributed by atoms with Gasteiger partial charge in [-0.1, -0.05) is 47.0 Å². The van der Waals surface area contributed by atoms with Crippen molar-refractivity contribution in [1.82, 2.24) is 4.90 Å². The first-order valence-corrected chi connectivity index (χ1v) is 7.62. The highest BCUT2D eigenvalue weighted by molar-refractivity contribution is 4.66. The predicted molar refractivity (Wildman–Crippen MR) is 79.4 cm³/mol. The van der Waals surface area contributed by atoms with Gasteiger partial charge in [0.2, 0.25) is 0 Å². The maximum atomic E-state index is 2.42. The van der Waals surface area contributed by atoms with E-state index in [4.69, 9.17) is 0 Å². The fourth-order valence-corrected chi connectivity index (χ4v) is 2.62. The van der Waals surface area contributed by atoms with E-state index < -0.39 is 0 Å². The molecule has 0 aliphatic heterocycles. The van der Waals surface area contributed by atoms with E-state index in [2.05, 4.69) is 46.7 Å². The van der Waals surface area contributed by atoms with Crippen LogP contribution in [-0.2, 0) is 0 Å². The van der Waals surface area contributed by atoms with Crippen molar-refractivity contribution in [1.29, 1.82) is 0 Å². The molecule has 0 aromatic carbocycles. The third-order valence-corrected chi connectivity index (χ3v) is 3.93. The Morgan fingerprint density at radius 1 is 0.882 bits per heavy atom. The van der Waals surface area contributed by atoms with Gasteiger partial charge in [0.15, 0.2) is 0 Å². The van der Waals surface area contributed by atoms with Gasteiger partial charge in [-0.05, 0) is 57.7 Å². The van der Waals surface area contributed by atoms with Crippen molar-refractivity contribution in [3.05, 3.63) is 0 Å². The topological polar surface area (TPSA) is 3.24 Å². The number of hydrogen-bond donors (Lipinski definition) is 0. The summed E-state index contributed by atoms with van der Waals surface area (Å²) in [7, 11) is 4.35. The molecule has 1 nitrogen and oxygen atoms in total. The van der Waals surface area contributed by atoms with Crippen molar-refractivity contribution < 1.29 is 0 Å². The highest BCUT2D eigenvalue weighted by atomic mass is 15.0. The predicted octanol–water partition coefficient (Wildman–Crippen LogP) is 4.82. The second-order valence-corrected chi connectivity index (χ2v) is 6.42.